The number of hydrogen-bond acceptors (Lipinski definition) is 7. The highest BCUT2D eigenvalue weighted by Gasteiger charge is 2.15. The lowest BCUT2D eigenvalue weighted by atomic mass is 10.2. The van der Waals surface area contributed by atoms with E-state index in [-0.39, 0.29) is 23.0 Å². The van der Waals surface area contributed by atoms with Crippen LogP contribution >= 0.6 is 35.3 Å². The predicted molar refractivity (Wildman–Crippen MR) is 105 cm³/mol. The number of carbonyl (C=O) groups is 1. The van der Waals surface area contributed by atoms with E-state index in [1.165, 1.54) is 35.2 Å². The first kappa shape index (κ1) is 18.2. The van der Waals surface area contributed by atoms with Gasteiger partial charge in [0.15, 0.2) is 8.29 Å². The molecule has 0 bridgehead atoms. The van der Waals surface area contributed by atoms with Crippen molar-refractivity contribution in [2.45, 2.75) is 4.34 Å². The number of nitro benzene ring substituents is 1. The predicted octanol–water partition coefficient (Wildman–Crippen LogP) is 4.30. The molecule has 1 heterocycles. The van der Waals surface area contributed by atoms with E-state index >= 15 is 0 Å². The van der Waals surface area contributed by atoms with Crippen LogP contribution in [0.3, 0.4) is 0 Å². The van der Waals surface area contributed by atoms with Crippen LogP contribution in [0.4, 0.5) is 11.4 Å². The molecule has 0 radical (unpaired) electrons. The van der Waals surface area contributed by atoms with Crippen molar-refractivity contribution in [1.82, 2.24) is 9.78 Å². The van der Waals surface area contributed by atoms with Gasteiger partial charge in [0.2, 0.25) is 5.91 Å². The number of anilines is 1. The molecule has 0 saturated heterocycles. The molecule has 10 heteroatoms. The second-order valence-corrected chi connectivity index (χ2v) is 7.84. The van der Waals surface area contributed by atoms with Gasteiger partial charge in [0, 0.05) is 6.07 Å². The number of nitro groups is 1. The maximum absolute atomic E-state index is 12.1. The standard InChI is InChI=1S/C16H12N4O3S3/c21-14(17-12-8-4-5-9-13(12)20(22)23)10-25-15-18-19(16(24)26-15)11-6-2-1-3-7-11/h1-9H,10H2,(H,17,21). The Hall–Kier alpha value is -2.56. The van der Waals surface area contributed by atoms with Gasteiger partial charge in [-0.1, -0.05) is 53.4 Å². The molecule has 0 aliphatic heterocycles. The molecule has 0 saturated carbocycles. The van der Waals surface area contributed by atoms with Gasteiger partial charge in [-0.15, -0.1) is 5.10 Å². The molecule has 0 fully saturated rings. The summed E-state index contributed by atoms with van der Waals surface area (Å²) in [6, 6.07) is 15.5. The second kappa shape index (κ2) is 8.21. The quantitative estimate of drug-likeness (QED) is 0.285. The highest BCUT2D eigenvalue weighted by molar-refractivity contribution is 8.01. The summed E-state index contributed by atoms with van der Waals surface area (Å²) in [6.07, 6.45) is 0. The van der Waals surface area contributed by atoms with E-state index in [9.17, 15) is 14.9 Å². The average molecular weight is 404 g/mol. The summed E-state index contributed by atoms with van der Waals surface area (Å²) < 4.78 is 2.87. The molecule has 3 aromatic rings. The van der Waals surface area contributed by atoms with Crippen molar-refractivity contribution < 1.29 is 9.72 Å². The second-order valence-electron chi connectivity index (χ2n) is 4.99. The lowest BCUT2D eigenvalue weighted by molar-refractivity contribution is -0.383. The van der Waals surface area contributed by atoms with Gasteiger partial charge in [0.25, 0.3) is 5.69 Å². The Labute approximate surface area is 161 Å². The van der Waals surface area contributed by atoms with E-state index in [2.05, 4.69) is 10.4 Å². The molecule has 132 valence electrons. The number of benzene rings is 2. The van der Waals surface area contributed by atoms with Gasteiger partial charge in [-0.2, -0.15) is 0 Å². The minimum Gasteiger partial charge on any atom is -0.320 e. The summed E-state index contributed by atoms with van der Waals surface area (Å²) in [6.45, 7) is 0. The molecule has 2 aromatic carbocycles. The first-order valence-corrected chi connectivity index (χ1v) is 9.57. The minimum absolute atomic E-state index is 0.0725. The molecular formula is C16H12N4O3S3. The van der Waals surface area contributed by atoms with Crippen LogP contribution in [0.1, 0.15) is 0 Å². The average Bonchev–Trinajstić information content (AvgIpc) is 3.02. The van der Waals surface area contributed by atoms with E-state index in [4.69, 9.17) is 12.2 Å². The topological polar surface area (TPSA) is 90.1 Å². The van der Waals surface area contributed by atoms with E-state index in [0.29, 0.717) is 8.29 Å². The fourth-order valence-corrected chi connectivity index (χ4v) is 4.26. The number of para-hydroxylation sites is 3. The highest BCUT2D eigenvalue weighted by Crippen LogP contribution is 2.26. The molecule has 1 aromatic heterocycles. The van der Waals surface area contributed by atoms with Crippen LogP contribution in [-0.2, 0) is 4.79 Å². The molecule has 0 unspecified atom stereocenters. The van der Waals surface area contributed by atoms with Crippen molar-refractivity contribution in [3.05, 3.63) is 68.7 Å². The highest BCUT2D eigenvalue weighted by atomic mass is 32.2. The van der Waals surface area contributed by atoms with Crippen molar-refractivity contribution in [1.29, 1.82) is 0 Å². The number of carbonyl (C=O) groups excluding carboxylic acids is 1. The summed E-state index contributed by atoms with van der Waals surface area (Å²) in [4.78, 5) is 22.6. The van der Waals surface area contributed by atoms with Crippen molar-refractivity contribution in [2.24, 2.45) is 0 Å². The number of nitrogens with one attached hydrogen (secondary N) is 1. The SMILES string of the molecule is O=C(CSc1nn(-c2ccccc2)c(=S)s1)Nc1ccccc1[N+](=O)[O-]. The Morgan fingerprint density at radius 1 is 1.23 bits per heavy atom. The van der Waals surface area contributed by atoms with Crippen LogP contribution in [0, 0.1) is 14.1 Å². The van der Waals surface area contributed by atoms with Gasteiger partial charge >= 0.3 is 0 Å². The molecular weight excluding hydrogens is 392 g/mol. The Balaban J connectivity index is 1.66. The molecule has 0 atom stereocenters. The Kier molecular flexibility index (Phi) is 5.76. The molecule has 0 spiro atoms. The number of hydrogen-bond donors (Lipinski definition) is 1. The first-order chi connectivity index (χ1) is 12.5. The first-order valence-electron chi connectivity index (χ1n) is 7.36. The Morgan fingerprint density at radius 3 is 2.65 bits per heavy atom. The number of amides is 1. The zero-order valence-corrected chi connectivity index (χ0v) is 15.6. The van der Waals surface area contributed by atoms with Crippen LogP contribution in [0.5, 0.6) is 0 Å². The molecule has 26 heavy (non-hydrogen) atoms. The summed E-state index contributed by atoms with van der Waals surface area (Å²) in [5.74, 6) is -0.278. The summed E-state index contributed by atoms with van der Waals surface area (Å²) >= 11 is 7.85. The van der Waals surface area contributed by atoms with Crippen LogP contribution in [0.15, 0.2) is 58.9 Å². The van der Waals surface area contributed by atoms with Gasteiger partial charge in [-0.05, 0) is 30.4 Å². The third-order valence-electron chi connectivity index (χ3n) is 3.23. The lowest BCUT2D eigenvalue weighted by Gasteiger charge is -2.04. The maximum Gasteiger partial charge on any atom is 0.292 e. The molecule has 7 nitrogen and oxygen atoms in total. The van der Waals surface area contributed by atoms with Crippen molar-refractivity contribution in [2.75, 3.05) is 11.1 Å². The number of nitrogens with zero attached hydrogens (tertiary/aromatic N) is 3. The zero-order chi connectivity index (χ0) is 18.5. The normalized spacial score (nSPS) is 10.5. The van der Waals surface area contributed by atoms with E-state index in [1.807, 2.05) is 30.3 Å². The lowest BCUT2D eigenvalue weighted by Crippen LogP contribution is -2.15. The number of thioether (sulfide) groups is 1. The summed E-state index contributed by atoms with van der Waals surface area (Å²) in [5.41, 5.74) is 0.880. The van der Waals surface area contributed by atoms with Gasteiger partial charge in [0.05, 0.1) is 16.4 Å². The summed E-state index contributed by atoms with van der Waals surface area (Å²) in [5, 5.41) is 18.0. The van der Waals surface area contributed by atoms with E-state index < -0.39 is 4.92 Å². The van der Waals surface area contributed by atoms with Gasteiger partial charge in [-0.25, -0.2) is 4.68 Å². The Morgan fingerprint density at radius 2 is 1.92 bits per heavy atom. The number of aromatic nitrogens is 2. The van der Waals surface area contributed by atoms with E-state index in [1.54, 1.807) is 16.8 Å². The Bertz CT molecular complexity index is 1000. The van der Waals surface area contributed by atoms with E-state index in [0.717, 1.165) is 5.69 Å². The molecule has 1 N–H and O–H groups in total. The van der Waals surface area contributed by atoms with Crippen molar-refractivity contribution in [3.8, 4) is 5.69 Å². The van der Waals surface area contributed by atoms with Crippen molar-refractivity contribution >= 4 is 52.6 Å². The van der Waals surface area contributed by atoms with Crippen LogP contribution in [0.2, 0.25) is 0 Å². The molecule has 0 aliphatic carbocycles. The van der Waals surface area contributed by atoms with Gasteiger partial charge in [0.1, 0.15) is 5.69 Å². The smallest absolute Gasteiger partial charge is 0.292 e. The third kappa shape index (κ3) is 4.34. The van der Waals surface area contributed by atoms with Crippen LogP contribution in [-0.4, -0.2) is 26.4 Å². The monoisotopic (exact) mass is 404 g/mol. The van der Waals surface area contributed by atoms with Gasteiger partial charge in [-0.3, -0.25) is 14.9 Å². The fraction of sp³-hybridized carbons (Fsp3) is 0.0625. The zero-order valence-electron chi connectivity index (χ0n) is 13.2. The fourth-order valence-electron chi connectivity index (χ4n) is 2.10. The minimum atomic E-state index is -0.532. The van der Waals surface area contributed by atoms with Crippen LogP contribution < -0.4 is 5.32 Å². The summed E-state index contributed by atoms with van der Waals surface area (Å²) in [7, 11) is 0. The molecule has 1 amide bonds. The largest absolute Gasteiger partial charge is 0.320 e. The molecule has 0 aliphatic rings. The van der Waals surface area contributed by atoms with Crippen molar-refractivity contribution in [3.63, 3.8) is 0 Å². The van der Waals surface area contributed by atoms with Gasteiger partial charge < -0.3 is 5.32 Å². The third-order valence-corrected chi connectivity index (χ3v) is 5.60. The number of rotatable bonds is 6. The molecule has 3 rings (SSSR count). The van der Waals surface area contributed by atoms with Crippen LogP contribution in [0.25, 0.3) is 5.69 Å². The maximum atomic E-state index is 12.1.